The lowest BCUT2D eigenvalue weighted by Crippen LogP contribution is -2.44. The zero-order chi connectivity index (χ0) is 29.0. The number of fused-ring (bicyclic) bond motifs is 3. The Morgan fingerprint density at radius 2 is 1.46 bits per heavy atom. The molecule has 0 radical (unpaired) electrons. The molecule has 0 saturated heterocycles. The van der Waals surface area contributed by atoms with Crippen LogP contribution in [0.2, 0.25) is 0 Å². The van der Waals surface area contributed by atoms with Gasteiger partial charge in [-0.05, 0) is 62.1 Å². The van der Waals surface area contributed by atoms with Crippen LogP contribution in [0, 0.1) is 0 Å². The highest BCUT2D eigenvalue weighted by Crippen LogP contribution is 2.36. The number of amides is 1. The maximum Gasteiger partial charge on any atom is 0.408 e. The van der Waals surface area contributed by atoms with Crippen molar-refractivity contribution < 1.29 is 23.5 Å². The van der Waals surface area contributed by atoms with E-state index in [1.54, 1.807) is 32.5 Å². The second-order valence-electron chi connectivity index (χ2n) is 10.7. The highest BCUT2D eigenvalue weighted by molar-refractivity contribution is 7.99. The van der Waals surface area contributed by atoms with E-state index in [1.807, 2.05) is 18.2 Å². The first-order chi connectivity index (χ1) is 19.7. The molecule has 6 nitrogen and oxygen atoms in total. The van der Waals surface area contributed by atoms with Crippen molar-refractivity contribution in [2.45, 2.75) is 43.7 Å². The van der Waals surface area contributed by atoms with Crippen LogP contribution in [0.25, 0.3) is 44.2 Å². The second kappa shape index (κ2) is 12.1. The van der Waals surface area contributed by atoms with Gasteiger partial charge in [-0.2, -0.15) is 0 Å². The highest BCUT2D eigenvalue weighted by atomic mass is 32.2. The van der Waals surface area contributed by atoms with E-state index in [0.29, 0.717) is 12.2 Å². The fourth-order valence-corrected chi connectivity index (χ4v) is 5.61. The number of furan rings is 1. The van der Waals surface area contributed by atoms with Crippen LogP contribution < -0.4 is 5.32 Å². The van der Waals surface area contributed by atoms with Crippen LogP contribution in [-0.2, 0) is 14.3 Å². The summed E-state index contributed by atoms with van der Waals surface area (Å²) in [4.78, 5) is 25.4. The largest absolute Gasteiger partial charge is 0.467 e. The van der Waals surface area contributed by atoms with Crippen molar-refractivity contribution in [3.05, 3.63) is 91.0 Å². The summed E-state index contributed by atoms with van der Waals surface area (Å²) in [5.41, 5.74) is 5.55. The number of para-hydroxylation sites is 2. The van der Waals surface area contributed by atoms with Crippen LogP contribution in [0.3, 0.4) is 0 Å². The number of carbonyl (C=O) groups excluding carboxylic acids is 2. The van der Waals surface area contributed by atoms with Gasteiger partial charge in [0.05, 0.1) is 7.11 Å². The number of methoxy groups -OCH3 is 1. The molecule has 5 aromatic rings. The summed E-state index contributed by atoms with van der Waals surface area (Å²) in [6.45, 7) is 5.32. The van der Waals surface area contributed by atoms with E-state index < -0.39 is 23.7 Å². The maximum atomic E-state index is 12.2. The Balaban J connectivity index is 1.23. The molecular weight excluding hydrogens is 534 g/mol. The number of esters is 1. The lowest BCUT2D eigenvalue weighted by atomic mass is 9.99. The molecular formula is C34H33NO5S. The third-order valence-electron chi connectivity index (χ3n) is 6.64. The molecule has 1 atom stereocenters. The van der Waals surface area contributed by atoms with Crippen molar-refractivity contribution in [1.82, 2.24) is 5.32 Å². The van der Waals surface area contributed by atoms with Gasteiger partial charge < -0.3 is 19.2 Å². The molecule has 0 bridgehead atoms. The maximum absolute atomic E-state index is 12.2. The molecule has 1 heterocycles. The first kappa shape index (κ1) is 28.3. The summed E-state index contributed by atoms with van der Waals surface area (Å²) in [5, 5.41) is 4.86. The van der Waals surface area contributed by atoms with Crippen LogP contribution in [0.1, 0.15) is 27.2 Å². The van der Waals surface area contributed by atoms with Gasteiger partial charge in [0.2, 0.25) is 0 Å². The molecule has 1 amide bonds. The van der Waals surface area contributed by atoms with E-state index in [1.165, 1.54) is 7.11 Å². The molecule has 0 aliphatic carbocycles. The summed E-state index contributed by atoms with van der Waals surface area (Å²) in [6.07, 6.45) is -0.222. The molecule has 1 unspecified atom stereocenters. The van der Waals surface area contributed by atoms with E-state index in [9.17, 15) is 9.59 Å². The molecule has 41 heavy (non-hydrogen) atoms. The number of hydrogen-bond donors (Lipinski definition) is 1. The minimum Gasteiger partial charge on any atom is -0.467 e. The van der Waals surface area contributed by atoms with Crippen LogP contribution >= 0.6 is 11.8 Å². The first-order valence-corrected chi connectivity index (χ1v) is 14.5. The number of nitrogens with one attached hydrogen (secondary N) is 1. The Hall–Kier alpha value is -4.23. The molecule has 0 aliphatic heterocycles. The Labute approximate surface area is 244 Å². The third-order valence-corrected chi connectivity index (χ3v) is 7.69. The summed E-state index contributed by atoms with van der Waals surface area (Å²) < 4.78 is 16.4. The van der Waals surface area contributed by atoms with Crippen molar-refractivity contribution in [3.8, 4) is 22.3 Å². The zero-order valence-electron chi connectivity index (χ0n) is 23.6. The van der Waals surface area contributed by atoms with E-state index in [2.05, 4.69) is 78.1 Å². The summed E-state index contributed by atoms with van der Waals surface area (Å²) in [7, 11) is 1.31. The van der Waals surface area contributed by atoms with Crippen molar-refractivity contribution in [2.24, 2.45) is 0 Å². The van der Waals surface area contributed by atoms with Gasteiger partial charge in [0.1, 0.15) is 22.8 Å². The van der Waals surface area contributed by atoms with E-state index in [4.69, 9.17) is 13.9 Å². The Kier molecular flexibility index (Phi) is 8.36. The van der Waals surface area contributed by atoms with Gasteiger partial charge in [-0.15, -0.1) is 11.8 Å². The average Bonchev–Trinajstić information content (AvgIpc) is 3.35. The van der Waals surface area contributed by atoms with Crippen molar-refractivity contribution in [1.29, 1.82) is 0 Å². The van der Waals surface area contributed by atoms with Crippen LogP contribution in [-0.4, -0.2) is 36.6 Å². The molecule has 7 heteroatoms. The number of rotatable bonds is 8. The number of carbonyl (C=O) groups is 2. The second-order valence-corrected chi connectivity index (χ2v) is 11.9. The molecule has 0 saturated carbocycles. The minimum absolute atomic E-state index is 0.414. The Morgan fingerprint density at radius 3 is 2.15 bits per heavy atom. The first-order valence-electron chi connectivity index (χ1n) is 13.5. The molecule has 210 valence electrons. The smallest absolute Gasteiger partial charge is 0.408 e. The average molecular weight is 568 g/mol. The minimum atomic E-state index is -0.773. The van der Waals surface area contributed by atoms with E-state index in [0.717, 1.165) is 49.1 Å². The van der Waals surface area contributed by atoms with E-state index in [-0.39, 0.29) is 0 Å². The van der Waals surface area contributed by atoms with Crippen molar-refractivity contribution in [3.63, 3.8) is 0 Å². The fourth-order valence-electron chi connectivity index (χ4n) is 4.70. The lowest BCUT2D eigenvalue weighted by Gasteiger charge is -2.22. The van der Waals surface area contributed by atoms with Gasteiger partial charge in [0.15, 0.2) is 0 Å². The summed E-state index contributed by atoms with van der Waals surface area (Å²) in [6, 6.07) is 30.5. The van der Waals surface area contributed by atoms with Gasteiger partial charge in [-0.3, -0.25) is 0 Å². The van der Waals surface area contributed by atoms with Crippen LogP contribution in [0.4, 0.5) is 4.79 Å². The van der Waals surface area contributed by atoms with Crippen LogP contribution in [0.5, 0.6) is 0 Å². The van der Waals surface area contributed by atoms with Gasteiger partial charge in [-0.1, -0.05) is 72.8 Å². The fraction of sp³-hybridized carbons (Fsp3) is 0.235. The van der Waals surface area contributed by atoms with Crippen molar-refractivity contribution in [2.75, 3.05) is 12.9 Å². The lowest BCUT2D eigenvalue weighted by molar-refractivity contribution is -0.143. The SMILES string of the molecule is COC(=O)C(CCSc1ccc(-c2ccc(-c3cccc4c3oc3ccccc34)cc2)cc1)NC(=O)OC(C)(C)C. The normalized spacial score (nSPS) is 12.3. The number of alkyl carbamates (subject to hydrolysis) is 1. The third kappa shape index (κ3) is 6.74. The predicted octanol–water partition coefficient (Wildman–Crippen LogP) is 8.47. The van der Waals surface area contributed by atoms with Gasteiger partial charge in [0.25, 0.3) is 0 Å². The highest BCUT2D eigenvalue weighted by Gasteiger charge is 2.24. The quantitative estimate of drug-likeness (QED) is 0.150. The standard InChI is InChI=1S/C34H33NO5S/c1-34(2,3)40-33(37)35-29(32(36)38-4)20-21-41-25-18-16-23(17-19-25)22-12-14-24(15-13-22)26-9-7-10-28-27-8-5-6-11-30(27)39-31(26)28/h5-19,29H,20-21H2,1-4H3,(H,35,37). The zero-order valence-corrected chi connectivity index (χ0v) is 24.4. The molecule has 5 rings (SSSR count). The molecule has 0 fully saturated rings. The summed E-state index contributed by atoms with van der Waals surface area (Å²) in [5.74, 6) is 0.128. The van der Waals surface area contributed by atoms with Gasteiger partial charge in [-0.25, -0.2) is 9.59 Å². The molecule has 4 aromatic carbocycles. The molecule has 0 aliphatic rings. The van der Waals surface area contributed by atoms with Gasteiger partial charge >= 0.3 is 12.1 Å². The Bertz CT molecular complexity index is 1670. The number of ether oxygens (including phenoxy) is 2. The molecule has 1 N–H and O–H groups in total. The predicted molar refractivity (Wildman–Crippen MR) is 165 cm³/mol. The van der Waals surface area contributed by atoms with Crippen LogP contribution in [0.15, 0.2) is 100 Å². The Morgan fingerprint density at radius 1 is 0.829 bits per heavy atom. The topological polar surface area (TPSA) is 77.8 Å². The number of benzene rings is 4. The van der Waals surface area contributed by atoms with Gasteiger partial charge in [0, 0.05) is 27.0 Å². The molecule has 0 spiro atoms. The number of thioether (sulfide) groups is 1. The van der Waals surface area contributed by atoms with E-state index >= 15 is 0 Å². The monoisotopic (exact) mass is 567 g/mol. The summed E-state index contributed by atoms with van der Waals surface area (Å²) >= 11 is 1.61. The molecule has 1 aromatic heterocycles. The van der Waals surface area contributed by atoms with Crippen molar-refractivity contribution >= 4 is 45.8 Å². The number of hydrogen-bond acceptors (Lipinski definition) is 6.